The number of benzene rings is 3. The molecular weight excluding hydrogens is 508 g/mol. The van der Waals surface area contributed by atoms with Gasteiger partial charge in [-0.15, -0.1) is 0 Å². The fourth-order valence-corrected chi connectivity index (χ4v) is 4.61. The predicted molar refractivity (Wildman–Crippen MR) is 147 cm³/mol. The lowest BCUT2D eigenvalue weighted by atomic mass is 9.91. The van der Waals surface area contributed by atoms with E-state index in [1.807, 2.05) is 26.0 Å². The van der Waals surface area contributed by atoms with Crippen molar-refractivity contribution in [2.45, 2.75) is 33.5 Å². The first-order chi connectivity index (χ1) is 18.1. The Morgan fingerprint density at radius 1 is 0.895 bits per heavy atom. The van der Waals surface area contributed by atoms with Gasteiger partial charge in [-0.1, -0.05) is 29.8 Å². The highest BCUT2D eigenvalue weighted by Gasteiger charge is 2.22. The number of allylic oxidation sites excluding steroid dienone is 1. The first-order valence-corrected chi connectivity index (χ1v) is 13.8. The van der Waals surface area contributed by atoms with E-state index < -0.39 is 10.1 Å². The van der Waals surface area contributed by atoms with Gasteiger partial charge >= 0.3 is 10.1 Å². The van der Waals surface area contributed by atoms with E-state index in [4.69, 9.17) is 18.4 Å². The number of aliphatic hydroxyl groups is 2. The molecule has 0 heterocycles. The minimum Gasteiger partial charge on any atom is -0.496 e. The van der Waals surface area contributed by atoms with Gasteiger partial charge in [0.1, 0.15) is 23.0 Å². The first-order valence-electron chi connectivity index (χ1n) is 12.0. The minimum atomic E-state index is -3.65. The molecule has 0 saturated heterocycles. The summed E-state index contributed by atoms with van der Waals surface area (Å²) in [6, 6.07) is 13.7. The summed E-state index contributed by atoms with van der Waals surface area (Å²) < 4.78 is 45.2. The van der Waals surface area contributed by atoms with Crippen molar-refractivity contribution in [1.29, 1.82) is 0 Å². The van der Waals surface area contributed by atoms with E-state index in [1.165, 1.54) is 19.8 Å². The van der Waals surface area contributed by atoms with Gasteiger partial charge in [-0.05, 0) is 61.7 Å². The van der Waals surface area contributed by atoms with Gasteiger partial charge in [0.05, 0.1) is 40.3 Å². The molecule has 3 aromatic carbocycles. The molecule has 3 rings (SSSR count). The molecule has 0 saturated carbocycles. The van der Waals surface area contributed by atoms with Gasteiger partial charge in [-0.25, -0.2) is 0 Å². The van der Waals surface area contributed by atoms with Crippen LogP contribution in [-0.4, -0.2) is 45.7 Å². The molecule has 0 aliphatic carbocycles. The van der Waals surface area contributed by atoms with Crippen molar-refractivity contribution in [3.63, 3.8) is 0 Å². The molecule has 8 nitrogen and oxygen atoms in total. The molecule has 0 aliphatic heterocycles. The molecule has 0 amide bonds. The average Bonchev–Trinajstić information content (AvgIpc) is 2.89. The Morgan fingerprint density at radius 2 is 1.58 bits per heavy atom. The maximum absolute atomic E-state index is 11.4. The average molecular weight is 543 g/mol. The van der Waals surface area contributed by atoms with Crippen molar-refractivity contribution < 1.29 is 37.0 Å². The highest BCUT2D eigenvalue weighted by Crippen LogP contribution is 2.46. The summed E-state index contributed by atoms with van der Waals surface area (Å²) in [5, 5.41) is 20.5. The van der Waals surface area contributed by atoms with Crippen molar-refractivity contribution in [2.75, 3.05) is 27.1 Å². The van der Waals surface area contributed by atoms with Crippen LogP contribution in [0.25, 0.3) is 22.3 Å². The van der Waals surface area contributed by atoms with Gasteiger partial charge in [-0.3, -0.25) is 0 Å². The molecule has 0 aliphatic rings. The quantitative estimate of drug-likeness (QED) is 0.185. The van der Waals surface area contributed by atoms with Crippen LogP contribution in [0, 0.1) is 0 Å². The van der Waals surface area contributed by atoms with Gasteiger partial charge in [0.15, 0.2) is 0 Å². The predicted octanol–water partition coefficient (Wildman–Crippen LogP) is 5.10. The molecule has 9 heteroatoms. The number of ether oxygens (including phenoxy) is 3. The highest BCUT2D eigenvalue weighted by molar-refractivity contribution is 7.86. The summed E-state index contributed by atoms with van der Waals surface area (Å²) in [5.74, 6) is 1.69. The van der Waals surface area contributed by atoms with Crippen molar-refractivity contribution in [3.8, 4) is 45.3 Å². The summed E-state index contributed by atoms with van der Waals surface area (Å²) >= 11 is 0. The SMILES string of the molecule is COc1cc(-c2ccc(OS(C)(=O)=O)cc2)c(OC)c(CO)c1-c1ccc(OCCC=C(C)C)c(CO)c1. The summed E-state index contributed by atoms with van der Waals surface area (Å²) in [6.45, 7) is 3.98. The minimum absolute atomic E-state index is 0.181. The Bertz CT molecular complexity index is 1390. The Hall–Kier alpha value is -3.53. The van der Waals surface area contributed by atoms with E-state index >= 15 is 0 Å². The first kappa shape index (κ1) is 29.0. The smallest absolute Gasteiger partial charge is 0.306 e. The molecule has 0 aromatic heterocycles. The van der Waals surface area contributed by atoms with E-state index in [0.29, 0.717) is 57.2 Å². The van der Waals surface area contributed by atoms with Gasteiger partial charge in [0.2, 0.25) is 0 Å². The zero-order valence-electron chi connectivity index (χ0n) is 22.3. The molecule has 0 fully saturated rings. The Balaban J connectivity index is 2.07. The van der Waals surface area contributed by atoms with Crippen molar-refractivity contribution in [1.82, 2.24) is 0 Å². The maximum Gasteiger partial charge on any atom is 0.306 e. The summed E-state index contributed by atoms with van der Waals surface area (Å²) in [6.07, 6.45) is 3.83. The normalized spacial score (nSPS) is 11.1. The summed E-state index contributed by atoms with van der Waals surface area (Å²) in [5.41, 5.74) is 5.01. The molecule has 0 bridgehead atoms. The number of hydrogen-bond donors (Lipinski definition) is 2. The standard InChI is InChI=1S/C29H34O8S/c1-19(2)7-6-14-36-26-13-10-21(15-22(26)17-30)28-25(18-31)29(35-4)24(16-27(28)34-3)20-8-11-23(12-9-20)37-38(5,32)33/h7-13,15-16,30-31H,6,14,17-18H2,1-5H3. The lowest BCUT2D eigenvalue weighted by Gasteiger charge is -2.21. The summed E-state index contributed by atoms with van der Waals surface area (Å²) in [7, 11) is -0.605. The lowest BCUT2D eigenvalue weighted by molar-refractivity contribution is 0.264. The van der Waals surface area contributed by atoms with E-state index in [-0.39, 0.29) is 19.0 Å². The van der Waals surface area contributed by atoms with Crippen LogP contribution >= 0.6 is 0 Å². The van der Waals surface area contributed by atoms with Crippen molar-refractivity contribution >= 4 is 10.1 Å². The zero-order valence-corrected chi connectivity index (χ0v) is 23.1. The fourth-order valence-electron chi connectivity index (χ4n) is 4.15. The highest BCUT2D eigenvalue weighted by atomic mass is 32.2. The van der Waals surface area contributed by atoms with E-state index in [0.717, 1.165) is 12.7 Å². The third kappa shape index (κ3) is 7.06. The Labute approximate surface area is 224 Å². The third-order valence-electron chi connectivity index (χ3n) is 5.78. The van der Waals surface area contributed by atoms with Crippen LogP contribution in [0.3, 0.4) is 0 Å². The second kappa shape index (κ2) is 12.8. The Morgan fingerprint density at radius 3 is 2.13 bits per heavy atom. The van der Waals surface area contributed by atoms with Gasteiger partial charge in [-0.2, -0.15) is 8.42 Å². The van der Waals surface area contributed by atoms with Crippen LogP contribution < -0.4 is 18.4 Å². The molecule has 3 aromatic rings. The third-order valence-corrected chi connectivity index (χ3v) is 6.28. The van der Waals surface area contributed by atoms with Gasteiger partial charge < -0.3 is 28.6 Å². The van der Waals surface area contributed by atoms with Crippen LogP contribution in [0.2, 0.25) is 0 Å². The lowest BCUT2D eigenvalue weighted by Crippen LogP contribution is -2.05. The molecule has 0 spiro atoms. The van der Waals surface area contributed by atoms with E-state index in [9.17, 15) is 18.6 Å². The second-order valence-electron chi connectivity index (χ2n) is 8.88. The van der Waals surface area contributed by atoms with E-state index in [2.05, 4.69) is 6.08 Å². The molecule has 2 N–H and O–H groups in total. The van der Waals surface area contributed by atoms with Crippen LogP contribution in [0.5, 0.6) is 23.0 Å². The van der Waals surface area contributed by atoms with Crippen molar-refractivity contribution in [3.05, 3.63) is 71.3 Å². The maximum atomic E-state index is 11.4. The number of aliphatic hydroxyl groups excluding tert-OH is 2. The monoisotopic (exact) mass is 542 g/mol. The largest absolute Gasteiger partial charge is 0.496 e. The van der Waals surface area contributed by atoms with Crippen molar-refractivity contribution in [2.24, 2.45) is 0 Å². The summed E-state index contributed by atoms with van der Waals surface area (Å²) in [4.78, 5) is 0. The topological polar surface area (TPSA) is 112 Å². The fraction of sp³-hybridized carbons (Fsp3) is 0.310. The number of hydrogen-bond acceptors (Lipinski definition) is 8. The molecule has 38 heavy (non-hydrogen) atoms. The van der Waals surface area contributed by atoms with Crippen LogP contribution in [-0.2, 0) is 23.3 Å². The molecule has 0 unspecified atom stereocenters. The number of rotatable bonds is 12. The molecular formula is C29H34O8S. The van der Waals surface area contributed by atoms with Gasteiger partial charge in [0, 0.05) is 22.3 Å². The van der Waals surface area contributed by atoms with Crippen LogP contribution in [0.1, 0.15) is 31.4 Å². The zero-order chi connectivity index (χ0) is 27.9. The van der Waals surface area contributed by atoms with Crippen LogP contribution in [0.4, 0.5) is 0 Å². The number of methoxy groups -OCH3 is 2. The molecule has 0 atom stereocenters. The molecule has 204 valence electrons. The second-order valence-corrected chi connectivity index (χ2v) is 10.5. The molecule has 0 radical (unpaired) electrons. The van der Waals surface area contributed by atoms with Gasteiger partial charge in [0.25, 0.3) is 0 Å². The van der Waals surface area contributed by atoms with E-state index in [1.54, 1.807) is 36.4 Å². The van der Waals surface area contributed by atoms with Crippen LogP contribution in [0.15, 0.2) is 60.2 Å². The Kier molecular flexibility index (Phi) is 9.79.